The summed E-state index contributed by atoms with van der Waals surface area (Å²) in [5.41, 5.74) is -0.258. The molecule has 0 aromatic heterocycles. The van der Waals surface area contributed by atoms with Crippen molar-refractivity contribution in [2.75, 3.05) is 6.54 Å². The van der Waals surface area contributed by atoms with E-state index in [1.807, 2.05) is 13.8 Å². The first-order chi connectivity index (χ1) is 10.1. The summed E-state index contributed by atoms with van der Waals surface area (Å²) in [6, 6.07) is 3.11. The van der Waals surface area contributed by atoms with Crippen molar-refractivity contribution in [3.05, 3.63) is 29.8 Å². The fourth-order valence-corrected chi connectivity index (χ4v) is 2.15. The van der Waals surface area contributed by atoms with Crippen LogP contribution in [0.4, 0.5) is 8.78 Å². The zero-order valence-corrected chi connectivity index (χ0v) is 13.3. The highest BCUT2D eigenvalue weighted by molar-refractivity contribution is 5.80. The Kier molecular flexibility index (Phi) is 6.29. The monoisotopic (exact) mass is 315 g/mol. The first-order valence-corrected chi connectivity index (χ1v) is 7.18. The number of aliphatic hydroxyl groups excluding tert-OH is 1. The largest absolute Gasteiger partial charge is 0.481 e. The molecule has 6 heteroatoms. The first kappa shape index (κ1) is 18.4. The number of carbonyl (C=O) groups is 1. The van der Waals surface area contributed by atoms with Crippen molar-refractivity contribution in [3.63, 3.8) is 0 Å². The summed E-state index contributed by atoms with van der Waals surface area (Å²) < 4.78 is 31.2. The lowest BCUT2D eigenvalue weighted by atomic mass is 9.87. The van der Waals surface area contributed by atoms with E-state index in [0.29, 0.717) is 13.0 Å². The van der Waals surface area contributed by atoms with Crippen LogP contribution in [-0.4, -0.2) is 29.8 Å². The summed E-state index contributed by atoms with van der Waals surface area (Å²) >= 11 is 0. The van der Waals surface area contributed by atoms with Gasteiger partial charge < -0.3 is 15.2 Å². The zero-order chi connectivity index (χ0) is 16.9. The Balaban J connectivity index is 2.53. The molecular formula is C16H23F2NO3. The molecule has 0 aliphatic heterocycles. The average molecular weight is 315 g/mol. The van der Waals surface area contributed by atoms with Crippen molar-refractivity contribution in [2.45, 2.75) is 46.3 Å². The van der Waals surface area contributed by atoms with Crippen LogP contribution in [0.2, 0.25) is 0 Å². The smallest absolute Gasteiger partial charge is 0.260 e. The molecule has 0 heterocycles. The van der Waals surface area contributed by atoms with Crippen LogP contribution in [0.15, 0.2) is 18.2 Å². The Morgan fingerprint density at radius 3 is 2.50 bits per heavy atom. The van der Waals surface area contributed by atoms with Gasteiger partial charge in [-0.3, -0.25) is 4.79 Å². The van der Waals surface area contributed by atoms with E-state index in [0.717, 1.165) is 12.1 Å². The lowest BCUT2D eigenvalue weighted by Crippen LogP contribution is -2.42. The molecule has 22 heavy (non-hydrogen) atoms. The second-order valence-electron chi connectivity index (χ2n) is 6.27. The molecule has 0 aliphatic rings. The van der Waals surface area contributed by atoms with Gasteiger partial charge in [-0.05, 0) is 37.8 Å². The van der Waals surface area contributed by atoms with Gasteiger partial charge in [0.1, 0.15) is 5.75 Å². The third kappa shape index (κ3) is 5.97. The van der Waals surface area contributed by atoms with Gasteiger partial charge in [0, 0.05) is 12.6 Å². The van der Waals surface area contributed by atoms with Crippen LogP contribution in [0.1, 0.15) is 34.1 Å². The van der Waals surface area contributed by atoms with E-state index in [1.165, 1.54) is 13.0 Å². The van der Waals surface area contributed by atoms with Crippen molar-refractivity contribution in [2.24, 2.45) is 5.41 Å². The highest BCUT2D eigenvalue weighted by Crippen LogP contribution is 2.21. The standard InChI is InChI=1S/C16H23F2NO3/c1-10(20)8-16(3,4)9-19-15(21)11(2)22-12-5-6-13(17)14(18)7-12/h5-7,10-11,20H,8-9H2,1-4H3,(H,19,21). The Morgan fingerprint density at radius 2 is 1.95 bits per heavy atom. The number of ether oxygens (including phenoxy) is 1. The van der Waals surface area contributed by atoms with Gasteiger partial charge in [0.15, 0.2) is 17.7 Å². The van der Waals surface area contributed by atoms with E-state index in [-0.39, 0.29) is 17.1 Å². The summed E-state index contributed by atoms with van der Waals surface area (Å²) in [5.74, 6) is -2.26. The lowest BCUT2D eigenvalue weighted by molar-refractivity contribution is -0.127. The number of aliphatic hydroxyl groups is 1. The molecule has 1 aromatic rings. The number of benzene rings is 1. The maximum absolute atomic E-state index is 13.1. The van der Waals surface area contributed by atoms with E-state index in [1.54, 1.807) is 6.92 Å². The Labute approximate surface area is 129 Å². The van der Waals surface area contributed by atoms with Crippen LogP contribution >= 0.6 is 0 Å². The number of carbonyl (C=O) groups excluding carboxylic acids is 1. The Morgan fingerprint density at radius 1 is 1.32 bits per heavy atom. The van der Waals surface area contributed by atoms with Crippen molar-refractivity contribution in [1.29, 1.82) is 0 Å². The number of hydrogen-bond donors (Lipinski definition) is 2. The summed E-state index contributed by atoms with van der Waals surface area (Å²) in [7, 11) is 0. The number of nitrogens with one attached hydrogen (secondary N) is 1. The molecule has 0 spiro atoms. The van der Waals surface area contributed by atoms with Crippen LogP contribution in [0.5, 0.6) is 5.75 Å². The summed E-state index contributed by atoms with van der Waals surface area (Å²) in [6.07, 6.45) is -0.749. The third-order valence-corrected chi connectivity index (χ3v) is 3.16. The molecule has 0 aliphatic carbocycles. The number of rotatable bonds is 7. The third-order valence-electron chi connectivity index (χ3n) is 3.16. The maximum Gasteiger partial charge on any atom is 0.260 e. The number of halogens is 2. The fourth-order valence-electron chi connectivity index (χ4n) is 2.15. The zero-order valence-electron chi connectivity index (χ0n) is 13.3. The molecular weight excluding hydrogens is 292 g/mol. The predicted molar refractivity (Wildman–Crippen MR) is 79.5 cm³/mol. The SMILES string of the molecule is CC(O)CC(C)(C)CNC(=O)C(C)Oc1ccc(F)c(F)c1. The molecule has 4 nitrogen and oxygen atoms in total. The van der Waals surface area contributed by atoms with E-state index < -0.39 is 23.8 Å². The lowest BCUT2D eigenvalue weighted by Gasteiger charge is -2.27. The normalized spacial score (nSPS) is 14.3. The molecule has 0 saturated heterocycles. The summed E-state index contributed by atoms with van der Waals surface area (Å²) in [4.78, 5) is 12.0. The van der Waals surface area contributed by atoms with Crippen molar-refractivity contribution in [3.8, 4) is 5.75 Å². The van der Waals surface area contributed by atoms with Crippen LogP contribution < -0.4 is 10.1 Å². The fraction of sp³-hybridized carbons (Fsp3) is 0.562. The van der Waals surface area contributed by atoms with Gasteiger partial charge in [-0.15, -0.1) is 0 Å². The van der Waals surface area contributed by atoms with Crippen molar-refractivity contribution in [1.82, 2.24) is 5.32 Å². The van der Waals surface area contributed by atoms with E-state index >= 15 is 0 Å². The van der Waals surface area contributed by atoms with Gasteiger partial charge in [0.2, 0.25) is 0 Å². The summed E-state index contributed by atoms with van der Waals surface area (Å²) in [5, 5.41) is 12.1. The van der Waals surface area contributed by atoms with E-state index in [4.69, 9.17) is 4.74 Å². The van der Waals surface area contributed by atoms with Crippen molar-refractivity contribution < 1.29 is 23.4 Å². The molecule has 1 amide bonds. The molecule has 0 saturated carbocycles. The molecule has 0 radical (unpaired) electrons. The highest BCUT2D eigenvalue weighted by Gasteiger charge is 2.23. The average Bonchev–Trinajstić information content (AvgIpc) is 2.39. The molecule has 124 valence electrons. The van der Waals surface area contributed by atoms with E-state index in [9.17, 15) is 18.7 Å². The van der Waals surface area contributed by atoms with Gasteiger partial charge >= 0.3 is 0 Å². The molecule has 0 fully saturated rings. The quantitative estimate of drug-likeness (QED) is 0.813. The Hall–Kier alpha value is -1.69. The predicted octanol–water partition coefficient (Wildman–Crippen LogP) is 2.65. The van der Waals surface area contributed by atoms with Gasteiger partial charge in [0.25, 0.3) is 5.91 Å². The molecule has 1 rings (SSSR count). The molecule has 1 aromatic carbocycles. The number of amides is 1. The van der Waals surface area contributed by atoms with Gasteiger partial charge in [0.05, 0.1) is 6.10 Å². The number of hydrogen-bond acceptors (Lipinski definition) is 3. The molecule has 0 bridgehead atoms. The molecule has 2 N–H and O–H groups in total. The topological polar surface area (TPSA) is 58.6 Å². The maximum atomic E-state index is 13.1. The summed E-state index contributed by atoms with van der Waals surface area (Å²) in [6.45, 7) is 7.46. The second-order valence-corrected chi connectivity index (χ2v) is 6.27. The van der Waals surface area contributed by atoms with Crippen LogP contribution in [0.25, 0.3) is 0 Å². The molecule has 2 atom stereocenters. The minimum atomic E-state index is -1.02. The minimum Gasteiger partial charge on any atom is -0.481 e. The van der Waals surface area contributed by atoms with Crippen molar-refractivity contribution >= 4 is 5.91 Å². The second kappa shape index (κ2) is 7.54. The molecule has 2 unspecified atom stereocenters. The van der Waals surface area contributed by atoms with Crippen LogP contribution in [0.3, 0.4) is 0 Å². The highest BCUT2D eigenvalue weighted by atomic mass is 19.2. The minimum absolute atomic E-state index is 0.0878. The van der Waals surface area contributed by atoms with E-state index in [2.05, 4.69) is 5.32 Å². The van der Waals surface area contributed by atoms with Gasteiger partial charge in [-0.2, -0.15) is 0 Å². The van der Waals surface area contributed by atoms with Crippen LogP contribution in [0, 0.1) is 17.0 Å². The van der Waals surface area contributed by atoms with Gasteiger partial charge in [-0.25, -0.2) is 8.78 Å². The first-order valence-electron chi connectivity index (χ1n) is 7.18. The Bertz CT molecular complexity index is 518. The van der Waals surface area contributed by atoms with Crippen LogP contribution in [-0.2, 0) is 4.79 Å². The van der Waals surface area contributed by atoms with Gasteiger partial charge in [-0.1, -0.05) is 13.8 Å².